The lowest BCUT2D eigenvalue weighted by atomic mass is 9.35. The van der Waals surface area contributed by atoms with Gasteiger partial charge in [-0.2, -0.15) is 0 Å². The van der Waals surface area contributed by atoms with E-state index in [1.165, 1.54) is 6.92 Å². The summed E-state index contributed by atoms with van der Waals surface area (Å²) in [5.41, 5.74) is -1.19. The summed E-state index contributed by atoms with van der Waals surface area (Å²) in [6.45, 7) is 19.4. The first-order valence-electron chi connectivity index (χ1n) is 15.0. The van der Waals surface area contributed by atoms with Gasteiger partial charge >= 0.3 is 5.97 Å². The van der Waals surface area contributed by atoms with Gasteiger partial charge in [-0.1, -0.05) is 34.6 Å². The fourth-order valence-electron chi connectivity index (χ4n) is 11.1. The Morgan fingerprint density at radius 3 is 2.16 bits per heavy atom. The Bertz CT molecular complexity index is 965. The van der Waals surface area contributed by atoms with Crippen LogP contribution in [0.2, 0.25) is 0 Å². The third-order valence-electron chi connectivity index (χ3n) is 13.3. The van der Waals surface area contributed by atoms with Crippen molar-refractivity contribution in [3.05, 3.63) is 0 Å². The lowest BCUT2D eigenvalue weighted by molar-refractivity contribution is -0.227. The van der Waals surface area contributed by atoms with Crippen LogP contribution < -0.4 is 0 Å². The monoisotopic (exact) mass is 516 g/mol. The Morgan fingerprint density at radius 2 is 1.57 bits per heavy atom. The molecule has 5 rings (SSSR count). The summed E-state index contributed by atoms with van der Waals surface area (Å²) in [6, 6.07) is 0. The highest BCUT2D eigenvalue weighted by Crippen LogP contribution is 2.75. The number of hydrogen-bond donors (Lipinski definition) is 1. The summed E-state index contributed by atoms with van der Waals surface area (Å²) in [4.78, 5) is 26.2. The molecule has 5 aliphatic rings. The number of rotatable bonds is 3. The maximum Gasteiger partial charge on any atom is 0.302 e. The molecule has 5 heteroatoms. The zero-order valence-electron chi connectivity index (χ0n) is 24.9. The van der Waals surface area contributed by atoms with Gasteiger partial charge in [-0.3, -0.25) is 9.59 Å². The second kappa shape index (κ2) is 8.29. The first-order chi connectivity index (χ1) is 16.9. The molecule has 1 saturated heterocycles. The molecule has 0 unspecified atom stereocenters. The molecule has 5 nitrogen and oxygen atoms in total. The van der Waals surface area contributed by atoms with E-state index in [1.54, 1.807) is 0 Å². The first-order valence-corrected chi connectivity index (χ1v) is 15.0. The van der Waals surface area contributed by atoms with Gasteiger partial charge in [0.05, 0.1) is 17.3 Å². The smallest absolute Gasteiger partial charge is 0.302 e. The zero-order chi connectivity index (χ0) is 27.4. The van der Waals surface area contributed by atoms with Crippen LogP contribution in [0, 0.1) is 45.3 Å². The van der Waals surface area contributed by atoms with Crippen molar-refractivity contribution in [3.63, 3.8) is 0 Å². The number of fused-ring (bicyclic) bond motifs is 5. The molecule has 4 aliphatic carbocycles. The summed E-state index contributed by atoms with van der Waals surface area (Å²) < 4.78 is 12.5. The molecule has 0 spiro atoms. The van der Waals surface area contributed by atoms with Crippen LogP contribution in [0.25, 0.3) is 0 Å². The largest absolute Gasteiger partial charge is 0.462 e. The predicted molar refractivity (Wildman–Crippen MR) is 144 cm³/mol. The highest BCUT2D eigenvalue weighted by atomic mass is 16.5. The van der Waals surface area contributed by atoms with Gasteiger partial charge in [0.15, 0.2) is 0 Å². The van der Waals surface area contributed by atoms with Crippen LogP contribution in [0.15, 0.2) is 0 Å². The van der Waals surface area contributed by atoms with Crippen molar-refractivity contribution in [1.82, 2.24) is 0 Å². The van der Waals surface area contributed by atoms with Gasteiger partial charge in [0.1, 0.15) is 11.9 Å². The molecule has 1 aliphatic heterocycles. The maximum atomic E-state index is 14.3. The van der Waals surface area contributed by atoms with Gasteiger partial charge in [0.25, 0.3) is 0 Å². The Hall–Kier alpha value is -0.940. The molecule has 0 aromatic carbocycles. The van der Waals surface area contributed by atoms with Crippen molar-refractivity contribution >= 4 is 11.8 Å². The molecule has 1 heterocycles. The van der Waals surface area contributed by atoms with Gasteiger partial charge in [-0.05, 0) is 106 Å². The molecule has 210 valence electrons. The minimum atomic E-state index is -0.863. The normalized spacial score (nSPS) is 51.2. The van der Waals surface area contributed by atoms with E-state index in [0.29, 0.717) is 24.0 Å². The average molecular weight is 517 g/mol. The van der Waals surface area contributed by atoms with Crippen LogP contribution in [0.1, 0.15) is 120 Å². The molecular formula is C32H52O5. The predicted octanol–water partition coefficient (Wildman–Crippen LogP) is 6.49. The third-order valence-corrected chi connectivity index (χ3v) is 13.3. The van der Waals surface area contributed by atoms with E-state index in [2.05, 4.69) is 41.5 Å². The van der Waals surface area contributed by atoms with Crippen molar-refractivity contribution in [3.8, 4) is 0 Å². The zero-order valence-corrected chi connectivity index (χ0v) is 24.9. The quantitative estimate of drug-likeness (QED) is 0.434. The van der Waals surface area contributed by atoms with Gasteiger partial charge in [-0.25, -0.2) is 0 Å². The SMILES string of the molecule is CC(=O)O[C@H]1CC[C@]2(C)[C@H]3CC(=O)[C@@H]4[C@@H]([C@]5(C)CC[C@H](C(C)(C)O)O5)CC[C@@]4(C)[C@]3(C)CC[C@H]2C1(C)C. The van der Waals surface area contributed by atoms with E-state index >= 15 is 0 Å². The second-order valence-corrected chi connectivity index (χ2v) is 15.8. The first kappa shape index (κ1) is 27.6. The van der Waals surface area contributed by atoms with Crippen LogP contribution in [-0.4, -0.2) is 40.3 Å². The molecule has 0 aromatic rings. The Balaban J connectivity index is 1.46. The van der Waals surface area contributed by atoms with E-state index in [1.807, 2.05) is 13.8 Å². The number of carbonyl (C=O) groups is 2. The van der Waals surface area contributed by atoms with Crippen LogP contribution in [0.5, 0.6) is 0 Å². The molecule has 0 bridgehead atoms. The van der Waals surface area contributed by atoms with Crippen molar-refractivity contribution in [2.45, 2.75) is 144 Å². The number of ketones is 1. The number of esters is 1. The van der Waals surface area contributed by atoms with Crippen molar-refractivity contribution < 1.29 is 24.2 Å². The summed E-state index contributed by atoms with van der Waals surface area (Å²) >= 11 is 0. The van der Waals surface area contributed by atoms with Crippen molar-refractivity contribution in [1.29, 1.82) is 0 Å². The summed E-state index contributed by atoms with van der Waals surface area (Å²) in [7, 11) is 0. The maximum absolute atomic E-state index is 14.3. The number of ether oxygens (including phenoxy) is 2. The standard InChI is InChI=1S/C32H52O5/c1-19(33)36-24-12-14-29(6)22(27(24,2)3)11-16-30(7)23(29)18-21(34)26-20(10-15-31(26,30)8)32(9)17-13-25(37-32)28(4,5)35/h20,22-26,35H,10-18H2,1-9H3/t20-,22-,23+,24-,25+,26-,29-,30+,31+,32-/m0/s1. The fourth-order valence-corrected chi connectivity index (χ4v) is 11.1. The molecule has 0 radical (unpaired) electrons. The number of hydrogen-bond acceptors (Lipinski definition) is 5. The van der Waals surface area contributed by atoms with Gasteiger partial charge in [-0.15, -0.1) is 0 Å². The van der Waals surface area contributed by atoms with Crippen LogP contribution in [-0.2, 0) is 19.1 Å². The highest BCUT2D eigenvalue weighted by molar-refractivity contribution is 5.84. The number of carbonyl (C=O) groups excluding carboxylic acids is 2. The van der Waals surface area contributed by atoms with Crippen molar-refractivity contribution in [2.24, 2.45) is 45.3 Å². The van der Waals surface area contributed by atoms with E-state index in [9.17, 15) is 14.7 Å². The number of Topliss-reactive ketones (excluding diaryl/α,β-unsaturated/α-hetero) is 1. The fraction of sp³-hybridized carbons (Fsp3) is 0.938. The van der Waals surface area contributed by atoms with Gasteiger partial charge < -0.3 is 14.6 Å². The molecule has 0 amide bonds. The summed E-state index contributed by atoms with van der Waals surface area (Å²) in [5, 5.41) is 10.7. The molecule has 10 atom stereocenters. The minimum absolute atomic E-state index is 0.0323. The van der Waals surface area contributed by atoms with E-state index in [0.717, 1.165) is 51.4 Å². The topological polar surface area (TPSA) is 72.8 Å². The lowest BCUT2D eigenvalue weighted by Crippen LogP contribution is -2.66. The van der Waals surface area contributed by atoms with Crippen molar-refractivity contribution in [2.75, 3.05) is 0 Å². The summed E-state index contributed by atoms with van der Waals surface area (Å²) in [5.74, 6) is 1.30. The van der Waals surface area contributed by atoms with Crippen LogP contribution in [0.3, 0.4) is 0 Å². The molecule has 37 heavy (non-hydrogen) atoms. The van der Waals surface area contributed by atoms with Gasteiger partial charge in [0, 0.05) is 24.7 Å². The van der Waals surface area contributed by atoms with Crippen LogP contribution in [0.4, 0.5) is 0 Å². The second-order valence-electron chi connectivity index (χ2n) is 15.8. The van der Waals surface area contributed by atoms with E-state index in [-0.39, 0.29) is 57.3 Å². The Morgan fingerprint density at radius 1 is 0.919 bits per heavy atom. The van der Waals surface area contributed by atoms with E-state index in [4.69, 9.17) is 9.47 Å². The third kappa shape index (κ3) is 3.75. The Kier molecular flexibility index (Phi) is 6.19. The van der Waals surface area contributed by atoms with E-state index < -0.39 is 5.60 Å². The molecule has 4 saturated carbocycles. The van der Waals surface area contributed by atoms with Crippen LogP contribution >= 0.6 is 0 Å². The highest BCUT2D eigenvalue weighted by Gasteiger charge is 2.72. The molecular weight excluding hydrogens is 464 g/mol. The summed E-state index contributed by atoms with van der Waals surface area (Å²) in [6.07, 6.45) is 8.49. The lowest BCUT2D eigenvalue weighted by Gasteiger charge is -2.69. The Labute approximate surface area is 224 Å². The molecule has 5 fully saturated rings. The number of aliphatic hydroxyl groups is 1. The average Bonchev–Trinajstić information content (AvgIpc) is 3.35. The van der Waals surface area contributed by atoms with Gasteiger partial charge in [0.2, 0.25) is 0 Å². The minimum Gasteiger partial charge on any atom is -0.462 e. The molecule has 0 aromatic heterocycles. The molecule has 1 N–H and O–H groups in total.